The Morgan fingerprint density at radius 3 is 2.73 bits per heavy atom. The van der Waals surface area contributed by atoms with Crippen LogP contribution < -0.4 is 5.32 Å². The Morgan fingerprint density at radius 1 is 1.47 bits per heavy atom. The third-order valence-electron chi connectivity index (χ3n) is 3.26. The standard InChI is InChI=1S/C13H24N2/c1-5-7-8-15-10-12(6-2)14-9-13(15)11(3)4/h11-14H,6,8-10H2,1-4H3. The first kappa shape index (κ1) is 12.5. The molecule has 0 radical (unpaired) electrons. The summed E-state index contributed by atoms with van der Waals surface area (Å²) in [5, 5.41) is 3.62. The summed E-state index contributed by atoms with van der Waals surface area (Å²) in [4.78, 5) is 2.53. The van der Waals surface area contributed by atoms with E-state index in [-0.39, 0.29) is 0 Å². The molecule has 2 heteroatoms. The van der Waals surface area contributed by atoms with E-state index >= 15 is 0 Å². The quantitative estimate of drug-likeness (QED) is 0.710. The molecule has 1 aliphatic rings. The Morgan fingerprint density at radius 2 is 2.20 bits per heavy atom. The maximum absolute atomic E-state index is 3.62. The predicted octanol–water partition coefficient (Wildman–Crippen LogP) is 1.72. The van der Waals surface area contributed by atoms with Gasteiger partial charge < -0.3 is 5.32 Å². The minimum Gasteiger partial charge on any atom is -0.311 e. The van der Waals surface area contributed by atoms with Gasteiger partial charge in [0.2, 0.25) is 0 Å². The molecule has 1 saturated heterocycles. The fraction of sp³-hybridized carbons (Fsp3) is 0.846. The van der Waals surface area contributed by atoms with E-state index in [1.807, 2.05) is 6.92 Å². The molecule has 2 atom stereocenters. The van der Waals surface area contributed by atoms with Crippen molar-refractivity contribution in [2.45, 2.75) is 46.2 Å². The molecule has 0 bridgehead atoms. The maximum atomic E-state index is 3.62. The minimum atomic E-state index is 0.647. The van der Waals surface area contributed by atoms with E-state index in [4.69, 9.17) is 0 Å². The molecule has 0 aromatic heterocycles. The highest BCUT2D eigenvalue weighted by Crippen LogP contribution is 2.15. The van der Waals surface area contributed by atoms with Crippen molar-refractivity contribution in [2.24, 2.45) is 5.92 Å². The molecule has 1 heterocycles. The van der Waals surface area contributed by atoms with Gasteiger partial charge in [0.25, 0.3) is 0 Å². The molecule has 1 fully saturated rings. The molecular weight excluding hydrogens is 184 g/mol. The normalized spacial score (nSPS) is 27.5. The maximum Gasteiger partial charge on any atom is 0.0604 e. The molecule has 0 saturated carbocycles. The molecule has 0 amide bonds. The molecule has 2 unspecified atom stereocenters. The lowest BCUT2D eigenvalue weighted by atomic mass is 9.98. The molecule has 15 heavy (non-hydrogen) atoms. The molecule has 1 aliphatic heterocycles. The predicted molar refractivity (Wildman–Crippen MR) is 65.7 cm³/mol. The number of hydrogen-bond donors (Lipinski definition) is 1. The summed E-state index contributed by atoms with van der Waals surface area (Å²) in [6.07, 6.45) is 1.21. The second-order valence-corrected chi connectivity index (χ2v) is 4.68. The van der Waals surface area contributed by atoms with E-state index in [9.17, 15) is 0 Å². The summed E-state index contributed by atoms with van der Waals surface area (Å²) >= 11 is 0. The van der Waals surface area contributed by atoms with E-state index in [1.54, 1.807) is 0 Å². The number of rotatable bonds is 3. The second kappa shape index (κ2) is 6.15. The van der Waals surface area contributed by atoms with Gasteiger partial charge in [-0.15, -0.1) is 5.92 Å². The SMILES string of the molecule is CC#CCN1CC(CC)NCC1C(C)C. The van der Waals surface area contributed by atoms with Gasteiger partial charge >= 0.3 is 0 Å². The summed E-state index contributed by atoms with van der Waals surface area (Å²) in [5.74, 6) is 6.89. The lowest BCUT2D eigenvalue weighted by Gasteiger charge is -2.41. The van der Waals surface area contributed by atoms with Crippen LogP contribution in [0.5, 0.6) is 0 Å². The first-order valence-corrected chi connectivity index (χ1v) is 6.06. The van der Waals surface area contributed by atoms with Crippen molar-refractivity contribution in [1.82, 2.24) is 10.2 Å². The smallest absolute Gasteiger partial charge is 0.0604 e. The van der Waals surface area contributed by atoms with Crippen molar-refractivity contribution in [3.63, 3.8) is 0 Å². The molecule has 2 nitrogen and oxygen atoms in total. The average molecular weight is 208 g/mol. The number of hydrogen-bond acceptors (Lipinski definition) is 2. The van der Waals surface area contributed by atoms with Crippen molar-refractivity contribution in [3.05, 3.63) is 0 Å². The van der Waals surface area contributed by atoms with Crippen LogP contribution in [0.1, 0.15) is 34.1 Å². The first-order chi connectivity index (χ1) is 7.19. The highest BCUT2D eigenvalue weighted by molar-refractivity contribution is 5.01. The first-order valence-electron chi connectivity index (χ1n) is 6.06. The van der Waals surface area contributed by atoms with Crippen LogP contribution in [0.25, 0.3) is 0 Å². The lowest BCUT2D eigenvalue weighted by Crippen LogP contribution is -2.58. The molecule has 0 aliphatic carbocycles. The molecule has 1 N–H and O–H groups in total. The van der Waals surface area contributed by atoms with E-state index in [1.165, 1.54) is 6.42 Å². The second-order valence-electron chi connectivity index (χ2n) is 4.68. The summed E-state index contributed by atoms with van der Waals surface area (Å²) in [6.45, 7) is 11.9. The molecule has 1 rings (SSSR count). The Hall–Kier alpha value is -0.520. The number of piperazine rings is 1. The van der Waals surface area contributed by atoms with Crippen LogP contribution in [0.4, 0.5) is 0 Å². The van der Waals surface area contributed by atoms with Gasteiger partial charge in [0.05, 0.1) is 6.54 Å². The summed E-state index contributed by atoms with van der Waals surface area (Å²) < 4.78 is 0. The molecule has 86 valence electrons. The van der Waals surface area contributed by atoms with Crippen molar-refractivity contribution >= 4 is 0 Å². The van der Waals surface area contributed by atoms with Crippen LogP contribution in [0.2, 0.25) is 0 Å². The largest absolute Gasteiger partial charge is 0.311 e. The lowest BCUT2D eigenvalue weighted by molar-refractivity contribution is 0.112. The van der Waals surface area contributed by atoms with Crippen molar-refractivity contribution in [3.8, 4) is 11.8 Å². The summed E-state index contributed by atoms with van der Waals surface area (Å²) in [7, 11) is 0. The van der Waals surface area contributed by atoms with E-state index in [0.29, 0.717) is 18.0 Å². The Kier molecular flexibility index (Phi) is 5.14. The highest BCUT2D eigenvalue weighted by atomic mass is 15.2. The van der Waals surface area contributed by atoms with Crippen molar-refractivity contribution < 1.29 is 0 Å². The van der Waals surface area contributed by atoms with Crippen LogP contribution in [0.3, 0.4) is 0 Å². The zero-order chi connectivity index (χ0) is 11.3. The van der Waals surface area contributed by atoms with Crippen LogP contribution >= 0.6 is 0 Å². The van der Waals surface area contributed by atoms with Gasteiger partial charge in [0.15, 0.2) is 0 Å². The van der Waals surface area contributed by atoms with E-state index < -0.39 is 0 Å². The highest BCUT2D eigenvalue weighted by Gasteiger charge is 2.28. The average Bonchev–Trinajstić information content (AvgIpc) is 2.25. The van der Waals surface area contributed by atoms with Crippen LogP contribution in [-0.4, -0.2) is 36.6 Å². The molecular formula is C13H24N2. The van der Waals surface area contributed by atoms with Crippen LogP contribution in [0.15, 0.2) is 0 Å². The fourth-order valence-electron chi connectivity index (χ4n) is 2.19. The Balaban J connectivity index is 2.58. The van der Waals surface area contributed by atoms with Gasteiger partial charge in [0, 0.05) is 25.2 Å². The van der Waals surface area contributed by atoms with Crippen LogP contribution in [0, 0.1) is 17.8 Å². The van der Waals surface area contributed by atoms with Gasteiger partial charge in [-0.3, -0.25) is 4.90 Å². The van der Waals surface area contributed by atoms with Gasteiger partial charge in [-0.1, -0.05) is 26.7 Å². The van der Waals surface area contributed by atoms with Crippen LogP contribution in [-0.2, 0) is 0 Å². The third kappa shape index (κ3) is 3.52. The van der Waals surface area contributed by atoms with Crippen molar-refractivity contribution in [2.75, 3.05) is 19.6 Å². The van der Waals surface area contributed by atoms with Gasteiger partial charge in [-0.05, 0) is 19.3 Å². The molecule has 0 spiro atoms. The zero-order valence-corrected chi connectivity index (χ0v) is 10.5. The fourth-order valence-corrected chi connectivity index (χ4v) is 2.19. The number of nitrogens with zero attached hydrogens (tertiary/aromatic N) is 1. The molecule has 0 aromatic rings. The topological polar surface area (TPSA) is 15.3 Å². The van der Waals surface area contributed by atoms with E-state index in [2.05, 4.69) is 42.8 Å². The third-order valence-corrected chi connectivity index (χ3v) is 3.26. The summed E-state index contributed by atoms with van der Waals surface area (Å²) in [6, 6.07) is 1.30. The van der Waals surface area contributed by atoms with Gasteiger partial charge in [-0.25, -0.2) is 0 Å². The van der Waals surface area contributed by atoms with Gasteiger partial charge in [-0.2, -0.15) is 0 Å². The zero-order valence-electron chi connectivity index (χ0n) is 10.5. The van der Waals surface area contributed by atoms with Gasteiger partial charge in [0.1, 0.15) is 0 Å². The summed E-state index contributed by atoms with van der Waals surface area (Å²) in [5.41, 5.74) is 0. The molecule has 0 aromatic carbocycles. The number of nitrogens with one attached hydrogen (secondary N) is 1. The Bertz CT molecular complexity index is 237. The van der Waals surface area contributed by atoms with E-state index in [0.717, 1.165) is 19.6 Å². The monoisotopic (exact) mass is 208 g/mol. The van der Waals surface area contributed by atoms with Crippen molar-refractivity contribution in [1.29, 1.82) is 0 Å². The minimum absolute atomic E-state index is 0.647. The Labute approximate surface area is 94.4 Å².